The van der Waals surface area contributed by atoms with Gasteiger partial charge in [0, 0.05) is 22.7 Å². The number of hydrogen-bond acceptors (Lipinski definition) is 3. The van der Waals surface area contributed by atoms with Gasteiger partial charge in [-0.2, -0.15) is 11.8 Å². The molecular formula is C14H22N2S. The molecule has 94 valence electrons. The average molecular weight is 250 g/mol. The third-order valence-corrected chi connectivity index (χ3v) is 4.78. The van der Waals surface area contributed by atoms with Gasteiger partial charge in [-0.3, -0.25) is 0 Å². The molecule has 0 amide bonds. The van der Waals surface area contributed by atoms with Crippen LogP contribution in [0, 0.1) is 6.92 Å². The molecule has 17 heavy (non-hydrogen) atoms. The highest BCUT2D eigenvalue weighted by molar-refractivity contribution is 7.99. The van der Waals surface area contributed by atoms with Crippen molar-refractivity contribution < 1.29 is 0 Å². The molecule has 2 rings (SSSR count). The Balaban J connectivity index is 2.10. The van der Waals surface area contributed by atoms with Crippen LogP contribution in [0.15, 0.2) is 18.2 Å². The second-order valence-corrected chi connectivity index (χ2v) is 5.96. The van der Waals surface area contributed by atoms with Gasteiger partial charge in [0.2, 0.25) is 0 Å². The van der Waals surface area contributed by atoms with E-state index in [1.165, 1.54) is 36.9 Å². The first-order valence-corrected chi connectivity index (χ1v) is 7.65. The zero-order chi connectivity index (χ0) is 12.3. The van der Waals surface area contributed by atoms with Crippen LogP contribution in [0.4, 0.5) is 11.4 Å². The van der Waals surface area contributed by atoms with E-state index >= 15 is 0 Å². The molecule has 3 N–H and O–H groups in total. The Hall–Kier alpha value is -0.830. The SMILES string of the molecule is CSC1CCCCC1Nc1cc(N)ccc1C. The maximum absolute atomic E-state index is 5.85. The molecule has 1 aliphatic carbocycles. The zero-order valence-corrected chi connectivity index (χ0v) is 11.5. The molecule has 0 heterocycles. The van der Waals surface area contributed by atoms with Crippen molar-refractivity contribution in [3.8, 4) is 0 Å². The van der Waals surface area contributed by atoms with E-state index in [9.17, 15) is 0 Å². The summed E-state index contributed by atoms with van der Waals surface area (Å²) in [6.45, 7) is 2.14. The fourth-order valence-electron chi connectivity index (χ4n) is 2.54. The maximum Gasteiger partial charge on any atom is 0.0393 e. The minimum absolute atomic E-state index is 0.597. The summed E-state index contributed by atoms with van der Waals surface area (Å²) in [6, 6.07) is 6.71. The molecule has 0 saturated heterocycles. The molecule has 2 atom stereocenters. The number of benzene rings is 1. The lowest BCUT2D eigenvalue weighted by molar-refractivity contribution is 0.475. The van der Waals surface area contributed by atoms with Gasteiger partial charge in [0.05, 0.1) is 0 Å². The number of thioether (sulfide) groups is 1. The second kappa shape index (κ2) is 5.67. The average Bonchev–Trinajstić information content (AvgIpc) is 2.34. The van der Waals surface area contributed by atoms with Crippen LogP contribution in [0.25, 0.3) is 0 Å². The van der Waals surface area contributed by atoms with Crippen molar-refractivity contribution in [2.24, 2.45) is 0 Å². The van der Waals surface area contributed by atoms with Gasteiger partial charge in [-0.25, -0.2) is 0 Å². The first kappa shape index (κ1) is 12.6. The lowest BCUT2D eigenvalue weighted by Crippen LogP contribution is -2.34. The zero-order valence-electron chi connectivity index (χ0n) is 10.7. The number of rotatable bonds is 3. The maximum atomic E-state index is 5.85. The smallest absolute Gasteiger partial charge is 0.0393 e. The van der Waals surface area contributed by atoms with Crippen LogP contribution in [0.5, 0.6) is 0 Å². The molecule has 2 nitrogen and oxygen atoms in total. The molecule has 1 fully saturated rings. The second-order valence-electron chi connectivity index (χ2n) is 4.88. The van der Waals surface area contributed by atoms with Crippen LogP contribution >= 0.6 is 11.8 Å². The molecule has 1 aromatic rings. The topological polar surface area (TPSA) is 38.0 Å². The fourth-order valence-corrected chi connectivity index (χ4v) is 3.47. The van der Waals surface area contributed by atoms with Crippen molar-refractivity contribution in [1.29, 1.82) is 0 Å². The van der Waals surface area contributed by atoms with E-state index in [-0.39, 0.29) is 0 Å². The lowest BCUT2D eigenvalue weighted by Gasteiger charge is -2.32. The van der Waals surface area contributed by atoms with Crippen molar-refractivity contribution in [2.45, 2.75) is 43.9 Å². The van der Waals surface area contributed by atoms with Crippen molar-refractivity contribution >= 4 is 23.1 Å². The van der Waals surface area contributed by atoms with E-state index in [2.05, 4.69) is 30.6 Å². The van der Waals surface area contributed by atoms with Gasteiger partial charge in [0.1, 0.15) is 0 Å². The minimum Gasteiger partial charge on any atom is -0.399 e. The summed E-state index contributed by atoms with van der Waals surface area (Å²) in [5, 5.41) is 4.43. The summed E-state index contributed by atoms with van der Waals surface area (Å²) < 4.78 is 0. The van der Waals surface area contributed by atoms with Crippen molar-refractivity contribution in [2.75, 3.05) is 17.3 Å². The first-order valence-electron chi connectivity index (χ1n) is 6.36. The van der Waals surface area contributed by atoms with Gasteiger partial charge in [-0.15, -0.1) is 0 Å². The number of hydrogen-bond donors (Lipinski definition) is 2. The molecule has 3 heteroatoms. The Kier molecular flexibility index (Phi) is 4.21. The summed E-state index contributed by atoms with van der Waals surface area (Å²) in [6.07, 6.45) is 7.55. The highest BCUT2D eigenvalue weighted by atomic mass is 32.2. The fraction of sp³-hybridized carbons (Fsp3) is 0.571. The van der Waals surface area contributed by atoms with Crippen molar-refractivity contribution in [3.63, 3.8) is 0 Å². The Morgan fingerprint density at radius 3 is 2.82 bits per heavy atom. The first-order chi connectivity index (χ1) is 8.20. The van der Waals surface area contributed by atoms with Crippen LogP contribution in [-0.2, 0) is 0 Å². The molecule has 0 aromatic heterocycles. The van der Waals surface area contributed by atoms with Crippen LogP contribution in [0.3, 0.4) is 0 Å². The number of anilines is 2. The Morgan fingerprint density at radius 2 is 2.06 bits per heavy atom. The number of nitrogen functional groups attached to an aromatic ring is 1. The largest absolute Gasteiger partial charge is 0.399 e. The summed E-state index contributed by atoms with van der Waals surface area (Å²) >= 11 is 1.99. The van der Waals surface area contributed by atoms with Gasteiger partial charge in [-0.05, 0) is 43.7 Å². The number of nitrogens with one attached hydrogen (secondary N) is 1. The molecule has 0 spiro atoms. The number of aryl methyl sites for hydroxylation is 1. The molecule has 2 unspecified atom stereocenters. The van der Waals surface area contributed by atoms with E-state index in [0.29, 0.717) is 6.04 Å². The van der Waals surface area contributed by atoms with Crippen LogP contribution in [0.1, 0.15) is 31.2 Å². The summed E-state index contributed by atoms with van der Waals surface area (Å²) in [7, 11) is 0. The van der Waals surface area contributed by atoms with Crippen molar-refractivity contribution in [1.82, 2.24) is 0 Å². The van der Waals surface area contributed by atoms with E-state index in [1.54, 1.807) is 0 Å². The standard InChI is InChI=1S/C14H22N2S/c1-10-7-8-11(15)9-13(10)16-12-5-3-4-6-14(12)17-2/h7-9,12,14,16H,3-6,15H2,1-2H3. The van der Waals surface area contributed by atoms with Crippen LogP contribution < -0.4 is 11.1 Å². The predicted octanol–water partition coefficient (Wildman–Crippen LogP) is 3.66. The highest BCUT2D eigenvalue weighted by Crippen LogP contribution is 2.30. The summed E-state index contributed by atoms with van der Waals surface area (Å²) in [5.74, 6) is 0. The molecule has 0 bridgehead atoms. The van der Waals surface area contributed by atoms with E-state index in [1.807, 2.05) is 17.8 Å². The van der Waals surface area contributed by atoms with Gasteiger partial charge >= 0.3 is 0 Å². The minimum atomic E-state index is 0.597. The van der Waals surface area contributed by atoms with Crippen LogP contribution in [0.2, 0.25) is 0 Å². The lowest BCUT2D eigenvalue weighted by atomic mass is 9.94. The van der Waals surface area contributed by atoms with E-state index < -0.39 is 0 Å². The predicted molar refractivity (Wildman–Crippen MR) is 78.8 cm³/mol. The monoisotopic (exact) mass is 250 g/mol. The Labute approximate surface area is 108 Å². The highest BCUT2D eigenvalue weighted by Gasteiger charge is 2.24. The van der Waals surface area contributed by atoms with Gasteiger partial charge in [0.25, 0.3) is 0 Å². The van der Waals surface area contributed by atoms with Gasteiger partial charge < -0.3 is 11.1 Å². The number of nitrogens with two attached hydrogens (primary N) is 1. The van der Waals surface area contributed by atoms with E-state index in [4.69, 9.17) is 5.73 Å². The van der Waals surface area contributed by atoms with E-state index in [0.717, 1.165) is 10.9 Å². The van der Waals surface area contributed by atoms with Gasteiger partial charge in [0.15, 0.2) is 0 Å². The summed E-state index contributed by atoms with van der Waals surface area (Å²) in [4.78, 5) is 0. The Bertz CT molecular complexity index is 378. The quantitative estimate of drug-likeness (QED) is 0.804. The molecular weight excluding hydrogens is 228 g/mol. The molecule has 0 radical (unpaired) electrons. The molecule has 0 aliphatic heterocycles. The third kappa shape index (κ3) is 3.09. The summed E-state index contributed by atoms with van der Waals surface area (Å²) in [5.41, 5.74) is 9.18. The molecule has 1 aliphatic rings. The van der Waals surface area contributed by atoms with Crippen LogP contribution in [-0.4, -0.2) is 17.5 Å². The Morgan fingerprint density at radius 1 is 1.29 bits per heavy atom. The molecule has 1 aromatic carbocycles. The third-order valence-electron chi connectivity index (χ3n) is 3.61. The molecule has 1 saturated carbocycles. The van der Waals surface area contributed by atoms with Gasteiger partial charge in [-0.1, -0.05) is 18.9 Å². The van der Waals surface area contributed by atoms with Crippen molar-refractivity contribution in [3.05, 3.63) is 23.8 Å². The normalized spacial score (nSPS) is 24.6.